The van der Waals surface area contributed by atoms with Crippen LogP contribution in [0, 0.1) is 5.82 Å². The van der Waals surface area contributed by atoms with Crippen LogP contribution in [0.4, 0.5) is 15.8 Å². The van der Waals surface area contributed by atoms with E-state index in [0.717, 1.165) is 24.3 Å². The molecule has 1 heterocycles. The summed E-state index contributed by atoms with van der Waals surface area (Å²) in [5, 5.41) is 12.4. The number of nitrogens with zero attached hydrogens (tertiary/aromatic N) is 1. The average Bonchev–Trinajstić information content (AvgIpc) is 3.03. The zero-order valence-electron chi connectivity index (χ0n) is 15.7. The van der Waals surface area contributed by atoms with Crippen LogP contribution in [0.3, 0.4) is 0 Å². The summed E-state index contributed by atoms with van der Waals surface area (Å²) in [6.07, 6.45) is 0.241. The van der Waals surface area contributed by atoms with E-state index in [1.54, 1.807) is 0 Å². The molecule has 0 aromatic heterocycles. The van der Waals surface area contributed by atoms with Crippen LogP contribution in [-0.4, -0.2) is 46.7 Å². The second kappa shape index (κ2) is 8.58. The van der Waals surface area contributed by atoms with Gasteiger partial charge in [0.15, 0.2) is 0 Å². The number of phenols is 1. The number of halogens is 1. The molecular formula is C18H20FN3O6S2. The molecule has 2 aromatic carbocycles. The van der Waals surface area contributed by atoms with Gasteiger partial charge in [0.25, 0.3) is 0 Å². The number of phenolic OH excluding ortho intramolecular Hbond substituents is 1. The van der Waals surface area contributed by atoms with Crippen molar-refractivity contribution in [2.75, 3.05) is 28.5 Å². The molecule has 3 rings (SSSR count). The van der Waals surface area contributed by atoms with E-state index < -0.39 is 31.8 Å². The summed E-state index contributed by atoms with van der Waals surface area (Å²) in [5.41, 5.74) is 0.332. The third-order valence-electron chi connectivity index (χ3n) is 4.41. The first-order valence-corrected chi connectivity index (χ1v) is 12.1. The number of carbonyl (C=O) groups is 1. The van der Waals surface area contributed by atoms with Crippen LogP contribution in [0.2, 0.25) is 0 Å². The SMILES string of the molecule is O=C(CCNS(=O)(=O)c1ccc(F)cc1)Nc1cc(N2CCCS2(=O)=O)ccc1O. The number of hydrogen-bond donors (Lipinski definition) is 3. The Morgan fingerprint density at radius 1 is 1.17 bits per heavy atom. The fourth-order valence-corrected chi connectivity index (χ4v) is 5.51. The molecule has 0 radical (unpaired) electrons. The standard InChI is InChI=1S/C18H20FN3O6S2/c19-13-2-5-15(6-3-13)30(27,28)20-9-8-18(24)21-16-12-14(4-7-17(16)23)22-10-1-11-29(22,25)26/h2-7,12,20,23H,1,8-11H2,(H,21,24). The number of anilines is 2. The normalized spacial score (nSPS) is 15.8. The van der Waals surface area contributed by atoms with Crippen molar-refractivity contribution in [2.45, 2.75) is 17.7 Å². The number of amides is 1. The van der Waals surface area contributed by atoms with Crippen LogP contribution in [0.15, 0.2) is 47.4 Å². The highest BCUT2D eigenvalue weighted by molar-refractivity contribution is 7.93. The first kappa shape index (κ1) is 22.0. The van der Waals surface area contributed by atoms with Gasteiger partial charge in [-0.05, 0) is 48.9 Å². The van der Waals surface area contributed by atoms with Gasteiger partial charge in [-0.2, -0.15) is 0 Å². The first-order chi connectivity index (χ1) is 14.1. The Morgan fingerprint density at radius 3 is 2.50 bits per heavy atom. The van der Waals surface area contributed by atoms with E-state index in [2.05, 4.69) is 10.0 Å². The van der Waals surface area contributed by atoms with Crippen molar-refractivity contribution in [3.05, 3.63) is 48.3 Å². The summed E-state index contributed by atoms with van der Waals surface area (Å²) in [6, 6.07) is 8.29. The Morgan fingerprint density at radius 2 is 1.87 bits per heavy atom. The van der Waals surface area contributed by atoms with Gasteiger partial charge in [-0.25, -0.2) is 25.9 Å². The molecule has 0 bridgehead atoms. The highest BCUT2D eigenvalue weighted by atomic mass is 32.2. The maximum Gasteiger partial charge on any atom is 0.240 e. The quantitative estimate of drug-likeness (QED) is 0.538. The van der Waals surface area contributed by atoms with Crippen molar-refractivity contribution in [3.8, 4) is 5.75 Å². The first-order valence-electron chi connectivity index (χ1n) is 8.97. The summed E-state index contributed by atoms with van der Waals surface area (Å²) in [6.45, 7) is 0.0815. The number of aromatic hydroxyl groups is 1. The van der Waals surface area contributed by atoms with Gasteiger partial charge in [0.2, 0.25) is 26.0 Å². The molecule has 1 saturated heterocycles. The lowest BCUT2D eigenvalue weighted by Crippen LogP contribution is -2.28. The van der Waals surface area contributed by atoms with Crippen molar-refractivity contribution in [1.29, 1.82) is 0 Å². The highest BCUT2D eigenvalue weighted by Crippen LogP contribution is 2.32. The van der Waals surface area contributed by atoms with Gasteiger partial charge in [0.05, 0.1) is 22.0 Å². The minimum absolute atomic E-state index is 0.0148. The van der Waals surface area contributed by atoms with Crippen molar-refractivity contribution in [2.24, 2.45) is 0 Å². The molecule has 0 atom stereocenters. The molecule has 9 nitrogen and oxygen atoms in total. The molecule has 2 aromatic rings. The number of sulfonamides is 2. The Balaban J connectivity index is 1.61. The van der Waals surface area contributed by atoms with Crippen molar-refractivity contribution < 1.29 is 31.1 Å². The topological polar surface area (TPSA) is 133 Å². The van der Waals surface area contributed by atoms with Gasteiger partial charge in [-0.15, -0.1) is 0 Å². The Bertz CT molecular complexity index is 1150. The summed E-state index contributed by atoms with van der Waals surface area (Å²) in [5.74, 6) is -1.38. The number of benzene rings is 2. The molecule has 1 fully saturated rings. The van der Waals surface area contributed by atoms with Crippen LogP contribution in [0.5, 0.6) is 5.75 Å². The second-order valence-electron chi connectivity index (χ2n) is 6.59. The highest BCUT2D eigenvalue weighted by Gasteiger charge is 2.29. The molecule has 12 heteroatoms. The van der Waals surface area contributed by atoms with Crippen molar-refractivity contribution in [1.82, 2.24) is 4.72 Å². The molecular weight excluding hydrogens is 437 g/mol. The third-order valence-corrected chi connectivity index (χ3v) is 7.76. The average molecular weight is 458 g/mol. The monoisotopic (exact) mass is 457 g/mol. The maximum atomic E-state index is 12.9. The van der Waals surface area contributed by atoms with Gasteiger partial charge >= 0.3 is 0 Å². The van der Waals surface area contributed by atoms with E-state index in [1.807, 2.05) is 0 Å². The number of rotatable bonds is 7. The largest absolute Gasteiger partial charge is 0.506 e. The molecule has 3 N–H and O–H groups in total. The third kappa shape index (κ3) is 5.07. The summed E-state index contributed by atoms with van der Waals surface area (Å²) in [4.78, 5) is 12.0. The van der Waals surface area contributed by atoms with Gasteiger partial charge in [-0.1, -0.05) is 0 Å². The van der Waals surface area contributed by atoms with E-state index in [9.17, 15) is 31.1 Å². The van der Waals surface area contributed by atoms with Crippen LogP contribution < -0.4 is 14.3 Å². The summed E-state index contributed by atoms with van der Waals surface area (Å²) in [7, 11) is -7.32. The summed E-state index contributed by atoms with van der Waals surface area (Å²) < 4.78 is 64.7. The summed E-state index contributed by atoms with van der Waals surface area (Å²) >= 11 is 0. The van der Waals surface area contributed by atoms with Crippen LogP contribution in [-0.2, 0) is 24.8 Å². The van der Waals surface area contributed by atoms with Crippen LogP contribution in [0.25, 0.3) is 0 Å². The van der Waals surface area contributed by atoms with E-state index in [1.165, 1.54) is 22.5 Å². The minimum atomic E-state index is -3.90. The zero-order chi connectivity index (χ0) is 21.9. The second-order valence-corrected chi connectivity index (χ2v) is 10.4. The van der Waals surface area contributed by atoms with Gasteiger partial charge < -0.3 is 10.4 Å². The van der Waals surface area contributed by atoms with Gasteiger partial charge in [-0.3, -0.25) is 9.10 Å². The lowest BCUT2D eigenvalue weighted by atomic mass is 10.2. The molecule has 0 spiro atoms. The smallest absolute Gasteiger partial charge is 0.240 e. The molecule has 162 valence electrons. The molecule has 0 unspecified atom stereocenters. The molecule has 0 aliphatic carbocycles. The molecule has 0 saturated carbocycles. The minimum Gasteiger partial charge on any atom is -0.506 e. The van der Waals surface area contributed by atoms with Gasteiger partial charge in [0.1, 0.15) is 11.6 Å². The van der Waals surface area contributed by atoms with Crippen molar-refractivity contribution >= 4 is 37.3 Å². The fourth-order valence-electron chi connectivity index (χ4n) is 2.92. The van der Waals surface area contributed by atoms with E-state index in [0.29, 0.717) is 18.7 Å². The van der Waals surface area contributed by atoms with E-state index in [4.69, 9.17) is 0 Å². The van der Waals surface area contributed by atoms with Crippen LogP contribution in [0.1, 0.15) is 12.8 Å². The Hall–Kier alpha value is -2.70. The Kier molecular flexibility index (Phi) is 6.29. The number of carbonyl (C=O) groups excluding carboxylic acids is 1. The molecule has 1 aliphatic heterocycles. The zero-order valence-corrected chi connectivity index (χ0v) is 17.3. The molecule has 1 aliphatic rings. The molecule has 1 amide bonds. The maximum absolute atomic E-state index is 12.9. The predicted octanol–water partition coefficient (Wildman–Crippen LogP) is 1.38. The van der Waals surface area contributed by atoms with E-state index >= 15 is 0 Å². The number of nitrogens with one attached hydrogen (secondary N) is 2. The Labute approximate surface area is 173 Å². The molecule has 30 heavy (non-hydrogen) atoms. The van der Waals surface area contributed by atoms with E-state index in [-0.39, 0.29) is 35.1 Å². The predicted molar refractivity (Wildman–Crippen MR) is 109 cm³/mol. The van der Waals surface area contributed by atoms with Crippen LogP contribution >= 0.6 is 0 Å². The lowest BCUT2D eigenvalue weighted by molar-refractivity contribution is -0.116. The van der Waals surface area contributed by atoms with Gasteiger partial charge in [0, 0.05) is 19.5 Å². The lowest BCUT2D eigenvalue weighted by Gasteiger charge is -2.18. The number of hydrogen-bond acceptors (Lipinski definition) is 6. The van der Waals surface area contributed by atoms with Crippen molar-refractivity contribution in [3.63, 3.8) is 0 Å². The fraction of sp³-hybridized carbons (Fsp3) is 0.278.